The Morgan fingerprint density at radius 1 is 0.492 bits per heavy atom. The minimum Gasteiger partial charge on any atom is -0.461 e. The van der Waals surface area contributed by atoms with Gasteiger partial charge < -0.3 is 28.1 Å². The van der Waals surface area contributed by atoms with Crippen molar-refractivity contribution in [3.05, 3.63) is 199 Å². The number of carbonyl (C=O) groups is 3. The Labute approximate surface area is 345 Å². The van der Waals surface area contributed by atoms with Gasteiger partial charge in [0.15, 0.2) is 12.2 Å². The number of ether oxygens (including phenoxy) is 5. The number of para-hydroxylation sites is 1. The summed E-state index contributed by atoms with van der Waals surface area (Å²) in [5.41, 5.74) is 0.739. The fourth-order valence-electron chi connectivity index (χ4n) is 7.41. The molecule has 0 spiro atoms. The van der Waals surface area contributed by atoms with Gasteiger partial charge in [0, 0.05) is 0 Å². The van der Waals surface area contributed by atoms with E-state index in [0.717, 1.165) is 10.4 Å². The lowest BCUT2D eigenvalue weighted by Gasteiger charge is -2.47. The smallest absolute Gasteiger partial charge is 0.338 e. The normalized spacial score (nSPS) is 19.2. The molecule has 59 heavy (non-hydrogen) atoms. The van der Waals surface area contributed by atoms with E-state index in [2.05, 4.69) is 45.0 Å². The predicted octanol–water partition coefficient (Wildman–Crippen LogP) is 8.04. The monoisotopic (exact) mass is 806 g/mol. The summed E-state index contributed by atoms with van der Waals surface area (Å²) >= 11 is 0. The summed E-state index contributed by atoms with van der Waals surface area (Å²) in [4.78, 5) is 42.1. The van der Waals surface area contributed by atoms with Crippen molar-refractivity contribution in [1.82, 2.24) is 0 Å². The van der Waals surface area contributed by atoms with Gasteiger partial charge in [-0.2, -0.15) is 0 Å². The van der Waals surface area contributed by atoms with Gasteiger partial charge in [-0.3, -0.25) is 0 Å². The molecule has 6 aromatic rings. The molecule has 10 heteroatoms. The number of rotatable bonds is 13. The number of benzene rings is 6. The fraction of sp³-hybridized carbons (Fsp3) is 0.204. The maximum absolute atomic E-state index is 14.1. The van der Waals surface area contributed by atoms with Crippen LogP contribution in [0.1, 0.15) is 51.8 Å². The van der Waals surface area contributed by atoms with Crippen LogP contribution in [0.15, 0.2) is 182 Å². The average Bonchev–Trinajstić information content (AvgIpc) is 3.27. The summed E-state index contributed by atoms with van der Waals surface area (Å²) in [6, 6.07) is 54.4. The molecule has 0 N–H and O–H groups in total. The standard InChI is InChI=1S/C49H46O9Si/c1-49(2,3)59(39-30-18-8-19-31-39,40-32-20-9-21-33-40)53-34-41-42(56-45(50)35-22-10-4-11-23-35)43(57-46(51)36-24-12-5-13-25-36)44(58-47(52)37-26-14-6-15-27-37)48(55-41)54-38-28-16-7-17-29-38/h4-33,41-44,48H,34H2,1-3H3/t41-,42-,43+,44-,48-/m1/s1. The third-order valence-corrected chi connectivity index (χ3v) is 15.2. The highest BCUT2D eigenvalue weighted by molar-refractivity contribution is 6.99. The van der Waals surface area contributed by atoms with Crippen LogP contribution in [0, 0.1) is 0 Å². The van der Waals surface area contributed by atoms with Crippen molar-refractivity contribution >= 4 is 36.6 Å². The lowest BCUT2D eigenvalue weighted by atomic mass is 9.97. The maximum Gasteiger partial charge on any atom is 0.338 e. The molecule has 0 aliphatic carbocycles. The second-order valence-electron chi connectivity index (χ2n) is 15.2. The molecule has 7 rings (SSSR count). The molecule has 300 valence electrons. The van der Waals surface area contributed by atoms with Crippen LogP contribution in [0.4, 0.5) is 0 Å². The number of hydrogen-bond donors (Lipinski definition) is 0. The topological polar surface area (TPSA) is 107 Å². The van der Waals surface area contributed by atoms with Gasteiger partial charge in [0.05, 0.1) is 23.3 Å². The molecule has 0 aromatic heterocycles. The summed E-state index contributed by atoms with van der Waals surface area (Å²) in [7, 11) is -3.21. The molecule has 6 aromatic carbocycles. The molecule has 0 bridgehead atoms. The SMILES string of the molecule is CC(C)(C)[Si](OC[C@H]1O[C@@H](Oc2ccccc2)[C@H](OC(=O)c2ccccc2)[C@@H](OC(=O)c2ccccc2)[C@@H]1OC(=O)c1ccccc1)(c1ccccc1)c1ccccc1. The van der Waals surface area contributed by atoms with Crippen LogP contribution >= 0.6 is 0 Å². The van der Waals surface area contributed by atoms with Crippen molar-refractivity contribution < 1.29 is 42.5 Å². The Bertz CT molecular complexity index is 2230. The second-order valence-corrected chi connectivity index (χ2v) is 19.5. The minimum atomic E-state index is -3.21. The van der Waals surface area contributed by atoms with Crippen molar-refractivity contribution in [1.29, 1.82) is 0 Å². The van der Waals surface area contributed by atoms with Crippen molar-refractivity contribution in [2.45, 2.75) is 56.5 Å². The molecule has 0 saturated carbocycles. The van der Waals surface area contributed by atoms with E-state index in [0.29, 0.717) is 5.75 Å². The van der Waals surface area contributed by atoms with Gasteiger partial charge in [-0.25, -0.2) is 14.4 Å². The van der Waals surface area contributed by atoms with E-state index in [1.165, 1.54) is 0 Å². The van der Waals surface area contributed by atoms with E-state index >= 15 is 0 Å². The van der Waals surface area contributed by atoms with E-state index in [1.807, 2.05) is 42.5 Å². The molecular formula is C49H46O9Si. The van der Waals surface area contributed by atoms with Gasteiger partial charge in [-0.05, 0) is 63.9 Å². The summed E-state index contributed by atoms with van der Waals surface area (Å²) < 4.78 is 39.6. The Hall–Kier alpha value is -6.33. The van der Waals surface area contributed by atoms with Crippen LogP contribution in [0.2, 0.25) is 5.04 Å². The number of esters is 3. The molecule has 1 fully saturated rings. The Kier molecular flexibility index (Phi) is 12.8. The summed E-state index contributed by atoms with van der Waals surface area (Å²) in [6.07, 6.45) is -6.72. The lowest BCUT2D eigenvalue weighted by Crippen LogP contribution is -2.69. The number of carbonyl (C=O) groups excluding carboxylic acids is 3. The average molecular weight is 807 g/mol. The van der Waals surface area contributed by atoms with E-state index in [9.17, 15) is 14.4 Å². The summed E-state index contributed by atoms with van der Waals surface area (Å²) in [5.74, 6) is -1.76. The Balaban J connectivity index is 1.36. The fourth-order valence-corrected chi connectivity index (χ4v) is 12.0. The van der Waals surface area contributed by atoms with Crippen LogP contribution in [0.5, 0.6) is 5.75 Å². The van der Waals surface area contributed by atoms with E-state index in [1.54, 1.807) is 115 Å². The van der Waals surface area contributed by atoms with E-state index in [4.69, 9.17) is 28.1 Å². The highest BCUT2D eigenvalue weighted by Crippen LogP contribution is 2.39. The van der Waals surface area contributed by atoms with Crippen LogP contribution in [-0.2, 0) is 23.4 Å². The van der Waals surface area contributed by atoms with Crippen molar-refractivity contribution in [3.63, 3.8) is 0 Å². The third kappa shape index (κ3) is 9.36. The van der Waals surface area contributed by atoms with Crippen molar-refractivity contribution in [3.8, 4) is 5.75 Å². The quantitative estimate of drug-likeness (QED) is 0.0652. The zero-order valence-electron chi connectivity index (χ0n) is 33.1. The molecule has 0 radical (unpaired) electrons. The molecule has 1 aliphatic heterocycles. The second kappa shape index (κ2) is 18.5. The van der Waals surface area contributed by atoms with Crippen molar-refractivity contribution in [2.24, 2.45) is 0 Å². The van der Waals surface area contributed by atoms with Gasteiger partial charge in [0.1, 0.15) is 11.9 Å². The molecule has 1 aliphatic rings. The molecule has 0 unspecified atom stereocenters. The van der Waals surface area contributed by atoms with Gasteiger partial charge in [-0.1, -0.05) is 154 Å². The number of hydrogen-bond acceptors (Lipinski definition) is 9. The van der Waals surface area contributed by atoms with Gasteiger partial charge in [-0.15, -0.1) is 0 Å². The van der Waals surface area contributed by atoms with Crippen LogP contribution in [-0.4, -0.2) is 63.5 Å². The third-order valence-electron chi connectivity index (χ3n) is 10.2. The summed E-state index contributed by atoms with van der Waals surface area (Å²) in [6.45, 7) is 6.32. The first-order chi connectivity index (χ1) is 28.6. The van der Waals surface area contributed by atoms with Gasteiger partial charge in [0.2, 0.25) is 12.4 Å². The Morgan fingerprint density at radius 3 is 1.25 bits per heavy atom. The molecule has 0 amide bonds. The van der Waals surface area contributed by atoms with E-state index < -0.39 is 62.0 Å². The molecule has 1 saturated heterocycles. The molecular weight excluding hydrogens is 761 g/mol. The first kappa shape index (κ1) is 40.8. The van der Waals surface area contributed by atoms with Crippen LogP contribution in [0.25, 0.3) is 0 Å². The van der Waals surface area contributed by atoms with Crippen LogP contribution < -0.4 is 15.1 Å². The van der Waals surface area contributed by atoms with Gasteiger partial charge in [0.25, 0.3) is 8.32 Å². The minimum absolute atomic E-state index is 0.132. The first-order valence-electron chi connectivity index (χ1n) is 19.5. The molecule has 1 heterocycles. The maximum atomic E-state index is 14.1. The van der Waals surface area contributed by atoms with Crippen molar-refractivity contribution in [2.75, 3.05) is 6.61 Å². The Morgan fingerprint density at radius 2 is 0.847 bits per heavy atom. The van der Waals surface area contributed by atoms with E-state index in [-0.39, 0.29) is 23.3 Å². The first-order valence-corrected chi connectivity index (χ1v) is 21.4. The molecule has 9 nitrogen and oxygen atoms in total. The largest absolute Gasteiger partial charge is 0.461 e. The molecule has 5 atom stereocenters. The predicted molar refractivity (Wildman–Crippen MR) is 226 cm³/mol. The van der Waals surface area contributed by atoms with Gasteiger partial charge >= 0.3 is 17.9 Å². The highest BCUT2D eigenvalue weighted by atomic mass is 28.4. The lowest BCUT2D eigenvalue weighted by molar-refractivity contribution is -0.274. The zero-order chi connectivity index (χ0) is 41.2. The zero-order valence-corrected chi connectivity index (χ0v) is 34.1. The van der Waals surface area contributed by atoms with Crippen LogP contribution in [0.3, 0.4) is 0 Å². The summed E-state index contributed by atoms with van der Waals surface area (Å²) in [5, 5.41) is 1.62. The highest BCUT2D eigenvalue weighted by Gasteiger charge is 2.56.